The third-order valence-electron chi connectivity index (χ3n) is 4.42. The molecular formula is C23H19N3O3. The Labute approximate surface area is 168 Å². The topological polar surface area (TPSA) is 77.2 Å². The maximum Gasteiger partial charge on any atom is 0.258 e. The minimum absolute atomic E-state index is 0.183. The highest BCUT2D eigenvalue weighted by Gasteiger charge is 2.13. The van der Waals surface area contributed by atoms with Crippen LogP contribution in [0.2, 0.25) is 0 Å². The van der Waals surface area contributed by atoms with E-state index in [2.05, 4.69) is 15.5 Å². The molecule has 1 N–H and O–H groups in total. The molecule has 0 saturated heterocycles. The summed E-state index contributed by atoms with van der Waals surface area (Å²) in [6, 6.07) is 24.3. The lowest BCUT2D eigenvalue weighted by Crippen LogP contribution is -2.22. The van der Waals surface area contributed by atoms with Crippen LogP contribution in [0.4, 0.5) is 0 Å². The van der Waals surface area contributed by atoms with Crippen molar-refractivity contribution in [2.75, 3.05) is 7.11 Å². The third-order valence-corrected chi connectivity index (χ3v) is 4.42. The minimum Gasteiger partial charge on any atom is -0.497 e. The van der Waals surface area contributed by atoms with Gasteiger partial charge in [0.1, 0.15) is 5.75 Å². The molecule has 6 nitrogen and oxygen atoms in total. The van der Waals surface area contributed by atoms with E-state index in [1.807, 2.05) is 60.7 Å². The molecule has 0 bridgehead atoms. The number of rotatable bonds is 6. The van der Waals surface area contributed by atoms with E-state index in [9.17, 15) is 4.79 Å². The highest BCUT2D eigenvalue weighted by molar-refractivity contribution is 5.95. The summed E-state index contributed by atoms with van der Waals surface area (Å²) in [6.45, 7) is 0.402. The van der Waals surface area contributed by atoms with Crippen LogP contribution in [0.3, 0.4) is 0 Å². The number of carbonyl (C=O) groups excluding carboxylic acids is 1. The van der Waals surface area contributed by atoms with Gasteiger partial charge in [-0.3, -0.25) is 4.79 Å². The number of methoxy groups -OCH3 is 1. The molecule has 3 aromatic carbocycles. The number of hydrogen-bond acceptors (Lipinski definition) is 5. The Hall–Kier alpha value is -3.93. The molecular weight excluding hydrogens is 366 g/mol. The zero-order valence-electron chi connectivity index (χ0n) is 15.8. The first-order chi connectivity index (χ1) is 14.2. The molecule has 0 fully saturated rings. The van der Waals surface area contributed by atoms with Gasteiger partial charge in [-0.2, -0.15) is 4.98 Å². The molecule has 1 heterocycles. The van der Waals surface area contributed by atoms with E-state index in [1.54, 1.807) is 25.3 Å². The monoisotopic (exact) mass is 385 g/mol. The van der Waals surface area contributed by atoms with Crippen molar-refractivity contribution in [3.8, 4) is 28.6 Å². The van der Waals surface area contributed by atoms with E-state index in [0.717, 1.165) is 16.9 Å². The minimum atomic E-state index is -0.183. The second kappa shape index (κ2) is 8.39. The largest absolute Gasteiger partial charge is 0.497 e. The number of benzene rings is 3. The van der Waals surface area contributed by atoms with Gasteiger partial charge < -0.3 is 14.6 Å². The van der Waals surface area contributed by atoms with Crippen molar-refractivity contribution in [2.45, 2.75) is 6.54 Å². The number of aromatic nitrogens is 2. The lowest BCUT2D eigenvalue weighted by atomic mass is 10.1. The van der Waals surface area contributed by atoms with E-state index in [1.165, 1.54) is 0 Å². The standard InChI is InChI=1S/C23H19N3O3/c1-28-20-12-5-7-16(13-20)15-24-22(27)18-10-6-11-19(14-18)23-25-21(26-29-23)17-8-3-2-4-9-17/h2-14H,15H2,1H3,(H,24,27). The van der Waals surface area contributed by atoms with Gasteiger partial charge in [-0.25, -0.2) is 0 Å². The summed E-state index contributed by atoms with van der Waals surface area (Å²) >= 11 is 0. The molecule has 0 spiro atoms. The van der Waals surface area contributed by atoms with Crippen LogP contribution in [0, 0.1) is 0 Å². The van der Waals surface area contributed by atoms with Crippen molar-refractivity contribution in [1.82, 2.24) is 15.5 Å². The van der Waals surface area contributed by atoms with Crippen LogP contribution >= 0.6 is 0 Å². The van der Waals surface area contributed by atoms with Gasteiger partial charge >= 0.3 is 0 Å². The molecule has 144 valence electrons. The van der Waals surface area contributed by atoms with Gasteiger partial charge in [0.25, 0.3) is 11.8 Å². The molecule has 4 rings (SSSR count). The SMILES string of the molecule is COc1cccc(CNC(=O)c2cccc(-c3nc(-c4ccccc4)no3)c2)c1. The third kappa shape index (κ3) is 4.32. The Balaban J connectivity index is 1.48. The molecule has 1 amide bonds. The summed E-state index contributed by atoms with van der Waals surface area (Å²) in [5.41, 5.74) is 3.03. The molecule has 0 aliphatic heterocycles. The predicted octanol–water partition coefficient (Wildman–Crippen LogP) is 4.34. The molecule has 1 aromatic heterocycles. The fourth-order valence-corrected chi connectivity index (χ4v) is 2.91. The van der Waals surface area contributed by atoms with Crippen molar-refractivity contribution < 1.29 is 14.1 Å². The Morgan fingerprint density at radius 3 is 2.59 bits per heavy atom. The Morgan fingerprint density at radius 2 is 1.76 bits per heavy atom. The van der Waals surface area contributed by atoms with E-state index in [4.69, 9.17) is 9.26 Å². The average Bonchev–Trinajstić information content (AvgIpc) is 3.29. The zero-order chi connectivity index (χ0) is 20.1. The highest BCUT2D eigenvalue weighted by Crippen LogP contribution is 2.23. The summed E-state index contributed by atoms with van der Waals surface area (Å²) in [6.07, 6.45) is 0. The van der Waals surface area contributed by atoms with E-state index >= 15 is 0 Å². The number of amides is 1. The number of hydrogen-bond donors (Lipinski definition) is 1. The lowest BCUT2D eigenvalue weighted by Gasteiger charge is -2.07. The van der Waals surface area contributed by atoms with Crippen molar-refractivity contribution >= 4 is 5.91 Å². The van der Waals surface area contributed by atoms with Crippen molar-refractivity contribution in [2.24, 2.45) is 0 Å². The second-order valence-electron chi connectivity index (χ2n) is 6.40. The molecule has 0 radical (unpaired) electrons. The summed E-state index contributed by atoms with van der Waals surface area (Å²) in [7, 11) is 1.62. The Kier molecular flexibility index (Phi) is 5.33. The fourth-order valence-electron chi connectivity index (χ4n) is 2.91. The highest BCUT2D eigenvalue weighted by atomic mass is 16.5. The lowest BCUT2D eigenvalue weighted by molar-refractivity contribution is 0.0951. The molecule has 0 aliphatic rings. The Morgan fingerprint density at radius 1 is 0.966 bits per heavy atom. The van der Waals surface area contributed by atoms with Gasteiger partial charge in [0, 0.05) is 23.2 Å². The summed E-state index contributed by atoms with van der Waals surface area (Å²) in [5, 5.41) is 6.95. The fraction of sp³-hybridized carbons (Fsp3) is 0.0870. The number of ether oxygens (including phenoxy) is 1. The van der Waals surface area contributed by atoms with Crippen LogP contribution in [-0.4, -0.2) is 23.2 Å². The van der Waals surface area contributed by atoms with Gasteiger partial charge in [0.05, 0.1) is 7.11 Å². The summed E-state index contributed by atoms with van der Waals surface area (Å²) < 4.78 is 10.6. The molecule has 29 heavy (non-hydrogen) atoms. The molecule has 0 saturated carbocycles. The van der Waals surface area contributed by atoms with Gasteiger partial charge in [-0.1, -0.05) is 53.7 Å². The number of nitrogens with one attached hydrogen (secondary N) is 1. The first-order valence-electron chi connectivity index (χ1n) is 9.13. The number of carbonyl (C=O) groups is 1. The molecule has 6 heteroatoms. The van der Waals surface area contributed by atoms with Crippen molar-refractivity contribution in [3.63, 3.8) is 0 Å². The van der Waals surface area contributed by atoms with Crippen LogP contribution in [0.1, 0.15) is 15.9 Å². The molecule has 0 unspecified atom stereocenters. The van der Waals surface area contributed by atoms with Gasteiger partial charge in [0.2, 0.25) is 5.82 Å². The van der Waals surface area contributed by atoms with Gasteiger partial charge in [0.15, 0.2) is 0 Å². The van der Waals surface area contributed by atoms with E-state index in [0.29, 0.717) is 29.4 Å². The van der Waals surface area contributed by atoms with E-state index < -0.39 is 0 Å². The smallest absolute Gasteiger partial charge is 0.258 e. The van der Waals surface area contributed by atoms with E-state index in [-0.39, 0.29) is 5.91 Å². The van der Waals surface area contributed by atoms with Crippen LogP contribution in [0.5, 0.6) is 5.75 Å². The first kappa shape index (κ1) is 18.4. The maximum atomic E-state index is 12.6. The van der Waals surface area contributed by atoms with Crippen LogP contribution < -0.4 is 10.1 Å². The molecule has 4 aromatic rings. The van der Waals surface area contributed by atoms with Gasteiger partial charge in [-0.15, -0.1) is 0 Å². The summed E-state index contributed by atoms with van der Waals surface area (Å²) in [4.78, 5) is 17.0. The van der Waals surface area contributed by atoms with Crippen molar-refractivity contribution in [1.29, 1.82) is 0 Å². The maximum absolute atomic E-state index is 12.6. The van der Waals surface area contributed by atoms with Crippen LogP contribution in [0.15, 0.2) is 83.4 Å². The second-order valence-corrected chi connectivity index (χ2v) is 6.40. The normalized spacial score (nSPS) is 10.5. The summed E-state index contributed by atoms with van der Waals surface area (Å²) in [5.74, 6) is 1.45. The number of nitrogens with zero attached hydrogens (tertiary/aromatic N) is 2. The Bertz CT molecular complexity index is 1120. The molecule has 0 atom stereocenters. The zero-order valence-corrected chi connectivity index (χ0v) is 15.8. The van der Waals surface area contributed by atoms with Crippen molar-refractivity contribution in [3.05, 3.63) is 90.0 Å². The van der Waals surface area contributed by atoms with Gasteiger partial charge in [-0.05, 0) is 35.9 Å². The molecule has 0 aliphatic carbocycles. The average molecular weight is 385 g/mol. The van der Waals surface area contributed by atoms with Crippen LogP contribution in [-0.2, 0) is 6.54 Å². The quantitative estimate of drug-likeness (QED) is 0.534. The predicted molar refractivity (Wildman–Crippen MR) is 109 cm³/mol. The van der Waals surface area contributed by atoms with Crippen LogP contribution in [0.25, 0.3) is 22.8 Å². The first-order valence-corrected chi connectivity index (χ1v) is 9.13.